The minimum atomic E-state index is 0.159. The summed E-state index contributed by atoms with van der Waals surface area (Å²) in [5.74, 6) is 0.888. The molecule has 0 radical (unpaired) electrons. The highest BCUT2D eigenvalue weighted by Gasteiger charge is 2.32. The lowest BCUT2D eigenvalue weighted by Gasteiger charge is -2.25. The van der Waals surface area contributed by atoms with Crippen molar-refractivity contribution in [1.82, 2.24) is 10.2 Å². The molecule has 0 aliphatic carbocycles. The normalized spacial score (nSPS) is 34.2. The Morgan fingerprint density at radius 2 is 2.31 bits per heavy atom. The Hall–Kier alpha value is -0.610. The Kier molecular flexibility index (Phi) is 3.82. The van der Waals surface area contributed by atoms with Crippen molar-refractivity contribution in [1.29, 1.82) is 0 Å². The zero-order valence-electron chi connectivity index (χ0n) is 10.2. The molecule has 1 unspecified atom stereocenters. The summed E-state index contributed by atoms with van der Waals surface area (Å²) < 4.78 is 5.55. The van der Waals surface area contributed by atoms with Crippen LogP contribution in [0.4, 0.5) is 0 Å². The summed E-state index contributed by atoms with van der Waals surface area (Å²) >= 11 is 0. The number of rotatable bonds is 3. The van der Waals surface area contributed by atoms with Gasteiger partial charge in [0, 0.05) is 26.7 Å². The molecule has 2 rings (SSSR count). The first-order valence-corrected chi connectivity index (χ1v) is 6.26. The second-order valence-electron chi connectivity index (χ2n) is 5.10. The van der Waals surface area contributed by atoms with Gasteiger partial charge in [0.2, 0.25) is 5.91 Å². The van der Waals surface area contributed by atoms with Gasteiger partial charge in [0.15, 0.2) is 0 Å². The van der Waals surface area contributed by atoms with Crippen LogP contribution in [-0.4, -0.2) is 50.2 Å². The van der Waals surface area contributed by atoms with Crippen LogP contribution in [0.5, 0.6) is 0 Å². The van der Waals surface area contributed by atoms with E-state index in [1.54, 1.807) is 0 Å². The van der Waals surface area contributed by atoms with E-state index in [1.165, 1.54) is 0 Å². The van der Waals surface area contributed by atoms with E-state index >= 15 is 0 Å². The summed E-state index contributed by atoms with van der Waals surface area (Å²) in [7, 11) is 1.90. The second-order valence-corrected chi connectivity index (χ2v) is 5.10. The molecule has 4 nitrogen and oxygen atoms in total. The van der Waals surface area contributed by atoms with E-state index in [-0.39, 0.29) is 17.9 Å². The maximum absolute atomic E-state index is 12.2. The summed E-state index contributed by atoms with van der Waals surface area (Å²) in [5, 5.41) is 3.27. The van der Waals surface area contributed by atoms with E-state index in [1.807, 2.05) is 11.9 Å². The van der Waals surface area contributed by atoms with Crippen molar-refractivity contribution in [2.45, 2.75) is 25.9 Å². The summed E-state index contributed by atoms with van der Waals surface area (Å²) in [6.45, 7) is 5.54. The van der Waals surface area contributed by atoms with E-state index in [0.717, 1.165) is 39.1 Å². The minimum Gasteiger partial charge on any atom is -0.376 e. The lowest BCUT2D eigenvalue weighted by molar-refractivity contribution is -0.136. The van der Waals surface area contributed by atoms with E-state index in [0.29, 0.717) is 5.92 Å². The van der Waals surface area contributed by atoms with Gasteiger partial charge in [-0.1, -0.05) is 6.92 Å². The quantitative estimate of drug-likeness (QED) is 0.761. The van der Waals surface area contributed by atoms with E-state index in [9.17, 15) is 4.79 Å². The van der Waals surface area contributed by atoms with Gasteiger partial charge in [0.25, 0.3) is 0 Å². The van der Waals surface area contributed by atoms with Crippen molar-refractivity contribution in [3.8, 4) is 0 Å². The average molecular weight is 226 g/mol. The van der Waals surface area contributed by atoms with Crippen LogP contribution in [0.1, 0.15) is 19.8 Å². The van der Waals surface area contributed by atoms with Crippen molar-refractivity contribution in [2.75, 3.05) is 33.3 Å². The van der Waals surface area contributed by atoms with Gasteiger partial charge in [-0.25, -0.2) is 0 Å². The molecule has 2 fully saturated rings. The summed E-state index contributed by atoms with van der Waals surface area (Å²) in [5.41, 5.74) is 0. The van der Waals surface area contributed by atoms with Crippen LogP contribution < -0.4 is 5.32 Å². The highest BCUT2D eigenvalue weighted by Crippen LogP contribution is 2.19. The minimum absolute atomic E-state index is 0.159. The summed E-state index contributed by atoms with van der Waals surface area (Å²) in [6.07, 6.45) is 2.49. The largest absolute Gasteiger partial charge is 0.376 e. The van der Waals surface area contributed by atoms with Gasteiger partial charge in [-0.15, -0.1) is 0 Å². The number of hydrogen-bond donors (Lipinski definition) is 1. The Labute approximate surface area is 97.3 Å². The van der Waals surface area contributed by atoms with Crippen LogP contribution in [0.2, 0.25) is 0 Å². The van der Waals surface area contributed by atoms with Crippen molar-refractivity contribution in [3.05, 3.63) is 0 Å². The molecule has 2 aliphatic rings. The van der Waals surface area contributed by atoms with Crippen LogP contribution in [-0.2, 0) is 9.53 Å². The molecule has 0 saturated carbocycles. The smallest absolute Gasteiger partial charge is 0.227 e. The molecule has 1 amide bonds. The van der Waals surface area contributed by atoms with Gasteiger partial charge in [0.05, 0.1) is 12.0 Å². The summed E-state index contributed by atoms with van der Waals surface area (Å²) in [6, 6.07) is 0. The molecule has 0 aromatic carbocycles. The fourth-order valence-corrected chi connectivity index (χ4v) is 2.61. The molecule has 0 spiro atoms. The molecule has 2 saturated heterocycles. The van der Waals surface area contributed by atoms with Crippen LogP contribution >= 0.6 is 0 Å². The predicted molar refractivity (Wildman–Crippen MR) is 62.1 cm³/mol. The average Bonchev–Trinajstić information content (AvgIpc) is 2.88. The molecular weight excluding hydrogens is 204 g/mol. The Balaban J connectivity index is 1.83. The third-order valence-corrected chi connectivity index (χ3v) is 3.71. The highest BCUT2D eigenvalue weighted by atomic mass is 16.5. The van der Waals surface area contributed by atoms with Crippen molar-refractivity contribution in [2.24, 2.45) is 11.8 Å². The molecular formula is C12H22N2O2. The number of nitrogens with one attached hydrogen (secondary N) is 1. The number of carbonyl (C=O) groups excluding carboxylic acids is 1. The third kappa shape index (κ3) is 2.55. The van der Waals surface area contributed by atoms with Gasteiger partial charge in [-0.3, -0.25) is 4.79 Å². The van der Waals surface area contributed by atoms with Crippen LogP contribution in [0, 0.1) is 11.8 Å². The lowest BCUT2D eigenvalue weighted by Crippen LogP contribution is -2.40. The Morgan fingerprint density at radius 1 is 1.50 bits per heavy atom. The fourth-order valence-electron chi connectivity index (χ4n) is 2.61. The lowest BCUT2D eigenvalue weighted by atomic mass is 9.96. The second kappa shape index (κ2) is 5.15. The topological polar surface area (TPSA) is 41.6 Å². The molecule has 16 heavy (non-hydrogen) atoms. The van der Waals surface area contributed by atoms with Crippen LogP contribution in [0.3, 0.4) is 0 Å². The predicted octanol–water partition coefficient (Wildman–Crippen LogP) is 0.479. The fraction of sp³-hybridized carbons (Fsp3) is 0.917. The molecule has 2 heterocycles. The molecule has 4 heteroatoms. The zero-order valence-corrected chi connectivity index (χ0v) is 10.2. The first kappa shape index (κ1) is 11.9. The molecule has 0 aromatic heterocycles. The van der Waals surface area contributed by atoms with E-state index < -0.39 is 0 Å². The highest BCUT2D eigenvalue weighted by molar-refractivity contribution is 5.79. The number of likely N-dealkylation sites (N-methyl/N-ethyl adjacent to an activating group) is 1. The third-order valence-electron chi connectivity index (χ3n) is 3.71. The molecule has 92 valence electrons. The van der Waals surface area contributed by atoms with Crippen molar-refractivity contribution >= 4 is 5.91 Å². The number of carbonyl (C=O) groups is 1. The monoisotopic (exact) mass is 226 g/mol. The molecule has 2 aliphatic heterocycles. The number of nitrogens with zero attached hydrogens (tertiary/aromatic N) is 1. The van der Waals surface area contributed by atoms with Crippen LogP contribution in [0.15, 0.2) is 0 Å². The standard InChI is InChI=1S/C12H22N2O2/c1-9-6-13-7-11(9)12(15)14(2)8-10-4-3-5-16-10/h9-11,13H,3-8H2,1-2H3/t9-,10?,11-/m1/s1. The van der Waals surface area contributed by atoms with E-state index in [2.05, 4.69) is 12.2 Å². The Morgan fingerprint density at radius 3 is 2.88 bits per heavy atom. The van der Waals surface area contributed by atoms with Gasteiger partial charge < -0.3 is 15.0 Å². The van der Waals surface area contributed by atoms with Gasteiger partial charge >= 0.3 is 0 Å². The van der Waals surface area contributed by atoms with E-state index in [4.69, 9.17) is 4.74 Å². The molecule has 0 bridgehead atoms. The van der Waals surface area contributed by atoms with Gasteiger partial charge in [-0.05, 0) is 25.3 Å². The number of hydrogen-bond acceptors (Lipinski definition) is 3. The maximum atomic E-state index is 12.2. The van der Waals surface area contributed by atoms with Gasteiger partial charge in [0.1, 0.15) is 0 Å². The SMILES string of the molecule is C[C@@H]1CNC[C@H]1C(=O)N(C)CC1CCCO1. The number of ether oxygens (including phenoxy) is 1. The maximum Gasteiger partial charge on any atom is 0.227 e. The Bertz CT molecular complexity index is 251. The first-order chi connectivity index (χ1) is 7.68. The van der Waals surface area contributed by atoms with Crippen LogP contribution in [0.25, 0.3) is 0 Å². The molecule has 3 atom stereocenters. The zero-order chi connectivity index (χ0) is 11.5. The first-order valence-electron chi connectivity index (χ1n) is 6.26. The molecule has 1 N–H and O–H groups in total. The van der Waals surface area contributed by atoms with Gasteiger partial charge in [-0.2, -0.15) is 0 Å². The van der Waals surface area contributed by atoms with Crippen molar-refractivity contribution in [3.63, 3.8) is 0 Å². The molecule has 0 aromatic rings. The number of amides is 1. The van der Waals surface area contributed by atoms with Crippen molar-refractivity contribution < 1.29 is 9.53 Å². The summed E-state index contributed by atoms with van der Waals surface area (Å²) in [4.78, 5) is 14.0.